The van der Waals surface area contributed by atoms with Gasteiger partial charge in [0.1, 0.15) is 6.10 Å². The molecule has 3 atom stereocenters. The van der Waals surface area contributed by atoms with Crippen LogP contribution in [0.15, 0.2) is 11.5 Å². The van der Waals surface area contributed by atoms with Gasteiger partial charge in [0.15, 0.2) is 23.9 Å². The average Bonchev–Trinajstić information content (AvgIpc) is 2.08. The molecule has 6 heteroatoms. The monoisotopic (exact) mass is 178 g/mol. The fourth-order valence-electron chi connectivity index (χ4n) is 0.888. The molecule has 5 N–H and O–H groups in total. The number of rotatable bonds is 1. The van der Waals surface area contributed by atoms with Gasteiger partial charge in [0.05, 0.1) is 6.61 Å². The normalized spacial score (nSPS) is 37.1. The van der Waals surface area contributed by atoms with Crippen LogP contribution in [0.25, 0.3) is 0 Å². The Labute approximate surface area is 68.0 Å². The van der Waals surface area contributed by atoms with Gasteiger partial charge in [-0.15, -0.1) is 0 Å². The van der Waals surface area contributed by atoms with Crippen molar-refractivity contribution in [2.75, 3.05) is 6.61 Å². The number of hydrogen-bond acceptors (Lipinski definition) is 6. The molecule has 70 valence electrons. The molecule has 0 aromatic heterocycles. The summed E-state index contributed by atoms with van der Waals surface area (Å²) in [4.78, 5) is 0. The summed E-state index contributed by atoms with van der Waals surface area (Å²) < 4.78 is 4.52. The van der Waals surface area contributed by atoms with Gasteiger partial charge in [0, 0.05) is 0 Å². The van der Waals surface area contributed by atoms with E-state index < -0.39 is 36.6 Å². The van der Waals surface area contributed by atoms with Gasteiger partial charge >= 0.3 is 0 Å². The van der Waals surface area contributed by atoms with Crippen molar-refractivity contribution in [2.45, 2.75) is 18.5 Å². The predicted molar refractivity (Wildman–Crippen MR) is 36.3 cm³/mol. The quantitative estimate of drug-likeness (QED) is 0.330. The van der Waals surface area contributed by atoms with Crippen LogP contribution in [0.3, 0.4) is 0 Å². The third-order valence-corrected chi connectivity index (χ3v) is 1.59. The molecule has 1 aliphatic heterocycles. The third-order valence-electron chi connectivity index (χ3n) is 1.59. The van der Waals surface area contributed by atoms with Gasteiger partial charge < -0.3 is 30.3 Å². The lowest BCUT2D eigenvalue weighted by Crippen LogP contribution is -2.42. The summed E-state index contributed by atoms with van der Waals surface area (Å²) >= 11 is 0. The first kappa shape index (κ1) is 9.27. The van der Waals surface area contributed by atoms with E-state index >= 15 is 0 Å². The molecule has 0 aliphatic carbocycles. The standard InChI is InChI=1S/C6H10O6/c7-1-2-3(8)4(9)5(10)6(11)12-2/h2,5-11H,1H2/t2-,5+,6?/m1/s1. The van der Waals surface area contributed by atoms with Crippen LogP contribution in [0.4, 0.5) is 0 Å². The van der Waals surface area contributed by atoms with Gasteiger partial charge in [-0.25, -0.2) is 0 Å². The predicted octanol–water partition coefficient (Wildman–Crippen LogP) is -1.62. The Kier molecular flexibility index (Phi) is 2.53. The van der Waals surface area contributed by atoms with Crippen molar-refractivity contribution in [1.29, 1.82) is 0 Å². The lowest BCUT2D eigenvalue weighted by atomic mass is 10.1. The van der Waals surface area contributed by atoms with Crippen molar-refractivity contribution >= 4 is 0 Å². The Morgan fingerprint density at radius 1 is 1.17 bits per heavy atom. The number of aliphatic hydroxyl groups is 5. The molecular formula is C6H10O6. The number of hydrogen-bond donors (Lipinski definition) is 5. The van der Waals surface area contributed by atoms with E-state index in [1.807, 2.05) is 0 Å². The fourth-order valence-corrected chi connectivity index (χ4v) is 0.888. The second-order valence-electron chi connectivity index (χ2n) is 2.41. The summed E-state index contributed by atoms with van der Waals surface area (Å²) in [6, 6.07) is 0. The first-order valence-electron chi connectivity index (χ1n) is 3.32. The van der Waals surface area contributed by atoms with E-state index in [-0.39, 0.29) is 0 Å². The molecule has 6 nitrogen and oxygen atoms in total. The second kappa shape index (κ2) is 3.28. The van der Waals surface area contributed by atoms with Crippen molar-refractivity contribution in [1.82, 2.24) is 0 Å². The highest BCUT2D eigenvalue weighted by Gasteiger charge is 2.35. The summed E-state index contributed by atoms with van der Waals surface area (Å²) in [5.74, 6) is -1.43. The van der Waals surface area contributed by atoms with Gasteiger partial charge in [-0.05, 0) is 0 Å². The van der Waals surface area contributed by atoms with E-state index in [4.69, 9.17) is 25.5 Å². The molecule has 0 bridgehead atoms. The minimum atomic E-state index is -1.66. The summed E-state index contributed by atoms with van der Waals surface area (Å²) in [5, 5.41) is 44.3. The van der Waals surface area contributed by atoms with Crippen molar-refractivity contribution in [3.05, 3.63) is 11.5 Å². The SMILES string of the molecule is OC[C@H]1OC(O)[C@@H](O)C(O)=C1O. The smallest absolute Gasteiger partial charge is 0.189 e. The molecule has 0 aromatic rings. The maximum absolute atomic E-state index is 9.00. The van der Waals surface area contributed by atoms with Gasteiger partial charge in [0.25, 0.3) is 0 Å². The molecule has 0 saturated heterocycles. The first-order valence-corrected chi connectivity index (χ1v) is 3.32. The summed E-state index contributed by atoms with van der Waals surface area (Å²) in [6.45, 7) is -0.584. The largest absolute Gasteiger partial charge is 0.506 e. The molecular weight excluding hydrogens is 168 g/mol. The zero-order valence-corrected chi connectivity index (χ0v) is 6.08. The number of aliphatic hydroxyl groups excluding tert-OH is 5. The molecule has 0 spiro atoms. The van der Waals surface area contributed by atoms with E-state index in [9.17, 15) is 0 Å². The van der Waals surface area contributed by atoms with Crippen molar-refractivity contribution in [2.24, 2.45) is 0 Å². The highest BCUT2D eigenvalue weighted by Crippen LogP contribution is 2.21. The van der Waals surface area contributed by atoms with Crippen LogP contribution in [0.2, 0.25) is 0 Å². The Hall–Kier alpha value is -0.820. The Morgan fingerprint density at radius 3 is 2.25 bits per heavy atom. The fraction of sp³-hybridized carbons (Fsp3) is 0.667. The highest BCUT2D eigenvalue weighted by molar-refractivity contribution is 5.12. The zero-order valence-electron chi connectivity index (χ0n) is 6.08. The van der Waals surface area contributed by atoms with Crippen LogP contribution in [0.1, 0.15) is 0 Å². The molecule has 0 radical (unpaired) electrons. The minimum absolute atomic E-state index is 0.584. The average molecular weight is 178 g/mol. The lowest BCUT2D eigenvalue weighted by molar-refractivity contribution is -0.205. The van der Waals surface area contributed by atoms with Crippen LogP contribution in [0.5, 0.6) is 0 Å². The Bertz CT molecular complexity index is 196. The van der Waals surface area contributed by atoms with Crippen LogP contribution in [-0.2, 0) is 4.74 Å². The lowest BCUT2D eigenvalue weighted by Gasteiger charge is -2.28. The highest BCUT2D eigenvalue weighted by atomic mass is 16.6. The van der Waals surface area contributed by atoms with Gasteiger partial charge in [-0.2, -0.15) is 0 Å². The van der Waals surface area contributed by atoms with E-state index in [0.717, 1.165) is 0 Å². The summed E-state index contributed by atoms with van der Waals surface area (Å²) in [6.07, 6.45) is -4.46. The van der Waals surface area contributed by atoms with Crippen molar-refractivity contribution < 1.29 is 30.3 Å². The second-order valence-corrected chi connectivity index (χ2v) is 2.41. The van der Waals surface area contributed by atoms with Crippen LogP contribution >= 0.6 is 0 Å². The minimum Gasteiger partial charge on any atom is -0.506 e. The topological polar surface area (TPSA) is 110 Å². The Balaban J connectivity index is 2.87. The molecule has 0 fully saturated rings. The van der Waals surface area contributed by atoms with Crippen molar-refractivity contribution in [3.63, 3.8) is 0 Å². The molecule has 12 heavy (non-hydrogen) atoms. The zero-order chi connectivity index (χ0) is 9.30. The molecule has 1 heterocycles. The van der Waals surface area contributed by atoms with E-state index in [2.05, 4.69) is 4.74 Å². The van der Waals surface area contributed by atoms with Crippen LogP contribution in [-0.4, -0.2) is 50.6 Å². The summed E-state index contributed by atoms with van der Waals surface area (Å²) in [7, 11) is 0. The van der Waals surface area contributed by atoms with E-state index in [1.165, 1.54) is 0 Å². The van der Waals surface area contributed by atoms with Crippen LogP contribution < -0.4 is 0 Å². The molecule has 1 rings (SSSR count). The van der Waals surface area contributed by atoms with E-state index in [0.29, 0.717) is 0 Å². The molecule has 1 aliphatic rings. The van der Waals surface area contributed by atoms with Crippen molar-refractivity contribution in [3.8, 4) is 0 Å². The third kappa shape index (κ3) is 1.37. The van der Waals surface area contributed by atoms with Gasteiger partial charge in [-0.1, -0.05) is 0 Å². The molecule has 1 unspecified atom stereocenters. The molecule has 0 aromatic carbocycles. The van der Waals surface area contributed by atoms with E-state index in [1.54, 1.807) is 0 Å². The maximum Gasteiger partial charge on any atom is 0.189 e. The van der Waals surface area contributed by atoms with Gasteiger partial charge in [-0.3, -0.25) is 0 Å². The summed E-state index contributed by atoms with van der Waals surface area (Å²) in [5.41, 5.74) is 0. The number of ether oxygens (including phenoxy) is 1. The molecule has 0 amide bonds. The first-order chi connectivity index (χ1) is 5.57. The van der Waals surface area contributed by atoms with Crippen LogP contribution in [0, 0.1) is 0 Å². The Morgan fingerprint density at radius 2 is 1.75 bits per heavy atom. The van der Waals surface area contributed by atoms with Gasteiger partial charge in [0.2, 0.25) is 0 Å². The molecule has 0 saturated carbocycles. The maximum atomic E-state index is 9.00.